The Morgan fingerprint density at radius 3 is 1.92 bits per heavy atom. The van der Waals surface area contributed by atoms with E-state index in [1.54, 1.807) is 11.3 Å². The predicted octanol–water partition coefficient (Wildman–Crippen LogP) is 9.05. The zero-order chi connectivity index (χ0) is 45.3. The fourth-order valence-corrected chi connectivity index (χ4v) is 7.10. The van der Waals surface area contributed by atoms with Crippen LogP contribution in [-0.4, -0.2) is 100 Å². The molecular weight excluding hydrogens is 765 g/mol. The van der Waals surface area contributed by atoms with Crippen molar-refractivity contribution >= 4 is 35.7 Å². The van der Waals surface area contributed by atoms with E-state index in [2.05, 4.69) is 40.0 Å². The van der Waals surface area contributed by atoms with Crippen LogP contribution in [0.25, 0.3) is 10.4 Å². The normalized spacial score (nSPS) is 17.6. The molecule has 2 aromatic rings. The number of amides is 4. The first-order valence-electron chi connectivity index (χ1n) is 22.1. The molecule has 2 saturated heterocycles. The van der Waals surface area contributed by atoms with E-state index in [1.165, 1.54) is 16.9 Å². The van der Waals surface area contributed by atoms with Gasteiger partial charge in [0.2, 0.25) is 18.2 Å². The molecule has 1 aromatic heterocycles. The van der Waals surface area contributed by atoms with Crippen LogP contribution in [0.2, 0.25) is 0 Å². The highest BCUT2D eigenvalue weighted by atomic mass is 32.1. The van der Waals surface area contributed by atoms with Gasteiger partial charge in [0.15, 0.2) is 0 Å². The van der Waals surface area contributed by atoms with Gasteiger partial charge in [0.25, 0.3) is 0 Å². The zero-order valence-corrected chi connectivity index (χ0v) is 40.2. The molecule has 4 N–H and O–H groups in total. The summed E-state index contributed by atoms with van der Waals surface area (Å²) >= 11 is 1.64. The largest absolute Gasteiger partial charge is 0.444 e. The lowest BCUT2D eigenvalue weighted by Crippen LogP contribution is -2.57. The predicted molar refractivity (Wildman–Crippen MR) is 244 cm³/mol. The molecule has 2 aliphatic heterocycles. The van der Waals surface area contributed by atoms with Crippen molar-refractivity contribution in [2.45, 2.75) is 185 Å². The molecule has 59 heavy (non-hydrogen) atoms. The van der Waals surface area contributed by atoms with Gasteiger partial charge in [-0.1, -0.05) is 86.6 Å². The topological polar surface area (TPSA) is 153 Å². The highest BCUT2D eigenvalue weighted by Crippen LogP contribution is 2.28. The Labute approximate surface area is 362 Å². The fraction of sp³-hybridized carbons (Fsp3) is 0.717. The summed E-state index contributed by atoms with van der Waals surface area (Å²) in [5, 5.41) is 18.1. The summed E-state index contributed by atoms with van der Waals surface area (Å²) in [5.74, 6) is -0.0681. The lowest BCUT2D eigenvalue weighted by atomic mass is 9.85. The molecule has 13 heteroatoms. The molecule has 3 atom stereocenters. The molecule has 3 fully saturated rings. The quantitative estimate of drug-likeness (QED) is 0.183. The van der Waals surface area contributed by atoms with Gasteiger partial charge in [-0.2, -0.15) is 0 Å². The number of hydrogen-bond acceptors (Lipinski definition) is 9. The number of carbonyl (C=O) groups is 4. The monoisotopic (exact) mass is 847 g/mol. The fourth-order valence-electron chi connectivity index (χ4n) is 6.29. The van der Waals surface area contributed by atoms with E-state index in [1.807, 2.05) is 124 Å². The molecule has 0 radical (unpaired) electrons. The third-order valence-electron chi connectivity index (χ3n) is 9.74. The maximum absolute atomic E-state index is 12.9. The van der Waals surface area contributed by atoms with Crippen molar-refractivity contribution in [1.29, 1.82) is 0 Å². The number of hydrogen-bond donors (Lipinski definition) is 4. The van der Waals surface area contributed by atoms with E-state index >= 15 is 0 Å². The van der Waals surface area contributed by atoms with Crippen molar-refractivity contribution in [2.24, 2.45) is 5.41 Å². The Morgan fingerprint density at radius 2 is 1.49 bits per heavy atom. The number of nitrogens with one attached hydrogen (secondary N) is 3. The van der Waals surface area contributed by atoms with Gasteiger partial charge in [-0.3, -0.25) is 19.3 Å². The van der Waals surface area contributed by atoms with Crippen LogP contribution in [0, 0.1) is 12.3 Å². The van der Waals surface area contributed by atoms with Crippen LogP contribution in [0.1, 0.15) is 159 Å². The summed E-state index contributed by atoms with van der Waals surface area (Å²) in [6.07, 6.45) is 7.10. The Hall–Kier alpha value is -3.55. The highest BCUT2D eigenvalue weighted by molar-refractivity contribution is 7.13. The number of piperidine rings is 1. The Balaban J connectivity index is 0.000000841. The van der Waals surface area contributed by atoms with Crippen LogP contribution >= 0.6 is 11.3 Å². The summed E-state index contributed by atoms with van der Waals surface area (Å²) in [4.78, 5) is 56.3. The number of likely N-dealkylation sites (tertiary alicyclic amines) is 2. The molecule has 0 spiro atoms. The van der Waals surface area contributed by atoms with E-state index in [4.69, 9.17) is 4.74 Å². The van der Waals surface area contributed by atoms with Crippen LogP contribution < -0.4 is 16.0 Å². The number of rotatable bonds is 9. The van der Waals surface area contributed by atoms with Gasteiger partial charge in [0.05, 0.1) is 34.8 Å². The molecule has 1 aromatic carbocycles. The highest BCUT2D eigenvalue weighted by Gasteiger charge is 2.38. The van der Waals surface area contributed by atoms with Crippen molar-refractivity contribution in [1.82, 2.24) is 30.7 Å². The number of aryl methyl sites for hydroxylation is 1. The zero-order valence-electron chi connectivity index (χ0n) is 39.4. The lowest BCUT2D eigenvalue weighted by Gasteiger charge is -2.36. The minimum absolute atomic E-state index is 0.0370. The standard InChI is InChI=1S/C18H33N3O3.C13H14N2OS.C9H17NO2.3C2H6/c1-13-6-5-9-21(13)17(24)16(18(2,3)4)19-15(23)12-20-10-7-14(22)8-11-20;1-9(14-7-16)11-3-5-12(6-4-11)13-10(2)15-8-17-13;1-9(2,3)12-8(11)10-7-5-4-6-7;3*1-2/h13-14,16,22H,5-12H2,1-4H3,(H,19,23);3-9H,1-2H3,(H,14,16);7H,4-6H2,1-3H3,(H,10,11);3*1-2H3. The molecule has 4 amide bonds. The molecule has 338 valence electrons. The van der Waals surface area contributed by atoms with E-state index in [-0.39, 0.29) is 47.1 Å². The molecular formula is C46H82N6O6S. The molecule has 0 bridgehead atoms. The Bertz CT molecular complexity index is 1460. The molecule has 3 heterocycles. The SMILES string of the molecule is CC.CC.CC.CC(C)(C)OC(=O)NC1CCC1.CC1CCCN1C(=O)C(NC(=O)CN1CCC(O)CC1)C(C)(C)C.Cc1ncsc1-c1ccc(C(C)NC=O)cc1. The van der Waals surface area contributed by atoms with E-state index in [0.29, 0.717) is 25.4 Å². The van der Waals surface area contributed by atoms with Crippen LogP contribution in [-0.2, 0) is 19.1 Å². The van der Waals surface area contributed by atoms with Gasteiger partial charge in [0, 0.05) is 31.7 Å². The summed E-state index contributed by atoms with van der Waals surface area (Å²) in [5.41, 5.74) is 4.48. The van der Waals surface area contributed by atoms with Crippen molar-refractivity contribution < 1.29 is 29.0 Å². The van der Waals surface area contributed by atoms with Crippen molar-refractivity contribution in [3.8, 4) is 10.4 Å². The Kier molecular flexibility index (Phi) is 27.1. The Morgan fingerprint density at radius 1 is 0.915 bits per heavy atom. The third-order valence-corrected chi connectivity index (χ3v) is 10.7. The molecule has 1 saturated carbocycles. The maximum atomic E-state index is 12.9. The number of carbonyl (C=O) groups excluding carboxylic acids is 4. The molecule has 3 unspecified atom stereocenters. The van der Waals surface area contributed by atoms with E-state index < -0.39 is 6.04 Å². The number of aliphatic hydroxyl groups is 1. The molecule has 5 rings (SSSR count). The second-order valence-corrected chi connectivity index (χ2v) is 17.4. The number of aromatic nitrogens is 1. The minimum Gasteiger partial charge on any atom is -0.444 e. The number of aliphatic hydroxyl groups excluding tert-OH is 1. The molecule has 3 aliphatic rings. The van der Waals surface area contributed by atoms with Gasteiger partial charge in [-0.05, 0) is 103 Å². The number of benzene rings is 1. The number of nitrogens with zero attached hydrogens (tertiary/aromatic N) is 3. The first kappa shape index (κ1) is 55.5. The first-order chi connectivity index (χ1) is 27.9. The van der Waals surface area contributed by atoms with Crippen LogP contribution in [0.4, 0.5) is 4.79 Å². The number of thiazole rings is 1. The van der Waals surface area contributed by atoms with E-state index in [0.717, 1.165) is 63.0 Å². The smallest absolute Gasteiger partial charge is 0.407 e. The summed E-state index contributed by atoms with van der Waals surface area (Å²) in [6, 6.07) is 8.37. The van der Waals surface area contributed by atoms with Gasteiger partial charge in [0.1, 0.15) is 11.6 Å². The third kappa shape index (κ3) is 21.0. The van der Waals surface area contributed by atoms with Crippen LogP contribution in [0.15, 0.2) is 29.8 Å². The van der Waals surface area contributed by atoms with E-state index in [9.17, 15) is 24.3 Å². The second kappa shape index (κ2) is 28.8. The van der Waals surface area contributed by atoms with Gasteiger partial charge < -0.3 is 30.7 Å². The average Bonchev–Trinajstić information content (AvgIpc) is 3.82. The summed E-state index contributed by atoms with van der Waals surface area (Å²) in [6.45, 7) is 32.2. The lowest BCUT2D eigenvalue weighted by molar-refractivity contribution is -0.140. The van der Waals surface area contributed by atoms with Gasteiger partial charge in [-0.15, -0.1) is 11.3 Å². The molecule has 12 nitrogen and oxygen atoms in total. The number of ether oxygens (including phenoxy) is 1. The van der Waals surface area contributed by atoms with Gasteiger partial charge >= 0.3 is 6.09 Å². The second-order valence-electron chi connectivity index (χ2n) is 16.6. The molecule has 1 aliphatic carbocycles. The first-order valence-corrected chi connectivity index (χ1v) is 23.0. The van der Waals surface area contributed by atoms with Crippen molar-refractivity contribution in [3.05, 3.63) is 41.0 Å². The van der Waals surface area contributed by atoms with Gasteiger partial charge in [-0.25, -0.2) is 9.78 Å². The summed E-state index contributed by atoms with van der Waals surface area (Å²) in [7, 11) is 0. The number of alkyl carbamates (subject to hydrolysis) is 1. The van der Waals surface area contributed by atoms with Crippen molar-refractivity contribution in [2.75, 3.05) is 26.2 Å². The summed E-state index contributed by atoms with van der Waals surface area (Å²) < 4.78 is 5.09. The average molecular weight is 847 g/mol. The van der Waals surface area contributed by atoms with Crippen LogP contribution in [0.3, 0.4) is 0 Å². The maximum Gasteiger partial charge on any atom is 0.407 e. The minimum atomic E-state index is -0.499. The van der Waals surface area contributed by atoms with Crippen molar-refractivity contribution in [3.63, 3.8) is 0 Å². The van der Waals surface area contributed by atoms with Crippen LogP contribution in [0.5, 0.6) is 0 Å².